The number of allylic oxidation sites excluding steroid dienone is 1. The molecule has 3 aromatic rings. The summed E-state index contributed by atoms with van der Waals surface area (Å²) in [7, 11) is 3.94. The van der Waals surface area contributed by atoms with E-state index in [1.54, 1.807) is 18.2 Å². The second-order valence-electron chi connectivity index (χ2n) is 7.96. The molecule has 0 aliphatic heterocycles. The van der Waals surface area contributed by atoms with Gasteiger partial charge in [0.2, 0.25) is 0 Å². The molecule has 0 radical (unpaired) electrons. The van der Waals surface area contributed by atoms with Crippen LogP contribution in [0, 0.1) is 19.7 Å². The van der Waals surface area contributed by atoms with Crippen molar-refractivity contribution in [3.63, 3.8) is 0 Å². The monoisotopic (exact) mass is 417 g/mol. The van der Waals surface area contributed by atoms with E-state index in [0.717, 1.165) is 28.8 Å². The molecule has 0 aliphatic rings. The van der Waals surface area contributed by atoms with E-state index < -0.39 is 0 Å². The molecule has 31 heavy (non-hydrogen) atoms. The molecule has 4 heteroatoms. The zero-order chi connectivity index (χ0) is 22.4. The van der Waals surface area contributed by atoms with E-state index >= 15 is 0 Å². The lowest BCUT2D eigenvalue weighted by molar-refractivity contribution is 0.104. The second kappa shape index (κ2) is 10.2. The summed E-state index contributed by atoms with van der Waals surface area (Å²) in [5, 5.41) is 0. The number of aryl methyl sites for hydroxylation is 2. The van der Waals surface area contributed by atoms with Crippen molar-refractivity contribution >= 4 is 11.9 Å². The van der Waals surface area contributed by atoms with E-state index in [1.165, 1.54) is 18.2 Å². The van der Waals surface area contributed by atoms with E-state index in [2.05, 4.69) is 32.0 Å². The fourth-order valence-corrected chi connectivity index (χ4v) is 3.37. The maximum Gasteiger partial charge on any atom is 0.189 e. The molecule has 3 aromatic carbocycles. The van der Waals surface area contributed by atoms with Gasteiger partial charge in [0.05, 0.1) is 5.56 Å². The minimum atomic E-state index is -0.363. The lowest BCUT2D eigenvalue weighted by Crippen LogP contribution is -2.20. The maximum atomic E-state index is 13.9. The summed E-state index contributed by atoms with van der Waals surface area (Å²) in [4.78, 5) is 15.1. The van der Waals surface area contributed by atoms with Crippen molar-refractivity contribution in [3.8, 4) is 16.9 Å². The molecule has 0 fully saturated rings. The first-order valence-corrected chi connectivity index (χ1v) is 10.3. The highest BCUT2D eigenvalue weighted by Crippen LogP contribution is 2.29. The molecule has 3 nitrogen and oxygen atoms in total. The number of hydrogen-bond acceptors (Lipinski definition) is 3. The van der Waals surface area contributed by atoms with Gasteiger partial charge in [-0.1, -0.05) is 53.6 Å². The molecule has 0 amide bonds. The predicted octanol–water partition coefficient (Wildman–Crippen LogP) is 5.95. The Balaban J connectivity index is 1.96. The lowest BCUT2D eigenvalue weighted by atomic mass is 9.97. The van der Waals surface area contributed by atoms with Crippen LogP contribution in [0.5, 0.6) is 5.75 Å². The van der Waals surface area contributed by atoms with Crippen LogP contribution in [0.4, 0.5) is 4.39 Å². The van der Waals surface area contributed by atoms with Crippen LogP contribution in [0.2, 0.25) is 0 Å². The Morgan fingerprint density at radius 3 is 2.35 bits per heavy atom. The molecule has 0 atom stereocenters. The molecule has 0 saturated heterocycles. The number of halogens is 1. The van der Waals surface area contributed by atoms with Crippen molar-refractivity contribution in [2.24, 2.45) is 0 Å². The number of ketones is 1. The van der Waals surface area contributed by atoms with Crippen LogP contribution in [0.25, 0.3) is 17.2 Å². The van der Waals surface area contributed by atoms with Crippen LogP contribution >= 0.6 is 0 Å². The lowest BCUT2D eigenvalue weighted by Gasteiger charge is -2.14. The molecule has 0 N–H and O–H groups in total. The molecule has 160 valence electrons. The van der Waals surface area contributed by atoms with Crippen molar-refractivity contribution in [2.75, 3.05) is 27.2 Å². The average molecular weight is 418 g/mol. The van der Waals surface area contributed by atoms with Gasteiger partial charge in [-0.2, -0.15) is 0 Å². The first kappa shape index (κ1) is 22.4. The van der Waals surface area contributed by atoms with Gasteiger partial charge in [-0.25, -0.2) is 4.39 Å². The first-order valence-electron chi connectivity index (χ1n) is 10.3. The largest absolute Gasteiger partial charge is 0.491 e. The average Bonchev–Trinajstić information content (AvgIpc) is 2.72. The second-order valence-corrected chi connectivity index (χ2v) is 7.96. The van der Waals surface area contributed by atoms with Gasteiger partial charge < -0.3 is 9.64 Å². The predicted molar refractivity (Wildman–Crippen MR) is 125 cm³/mol. The van der Waals surface area contributed by atoms with Gasteiger partial charge in [-0.3, -0.25) is 4.79 Å². The minimum Gasteiger partial charge on any atom is -0.491 e. The van der Waals surface area contributed by atoms with Gasteiger partial charge in [0.25, 0.3) is 0 Å². The Morgan fingerprint density at radius 1 is 0.968 bits per heavy atom. The summed E-state index contributed by atoms with van der Waals surface area (Å²) < 4.78 is 19.8. The molecule has 0 saturated carbocycles. The van der Waals surface area contributed by atoms with Crippen LogP contribution in [0.15, 0.2) is 66.7 Å². The number of benzene rings is 3. The molecular weight excluding hydrogens is 389 g/mol. The molecule has 0 aliphatic carbocycles. The van der Waals surface area contributed by atoms with Gasteiger partial charge >= 0.3 is 0 Å². The number of hydrogen-bond donors (Lipinski definition) is 0. The summed E-state index contributed by atoms with van der Waals surface area (Å²) in [5.41, 5.74) is 5.14. The topological polar surface area (TPSA) is 29.5 Å². The fourth-order valence-electron chi connectivity index (χ4n) is 3.37. The van der Waals surface area contributed by atoms with Gasteiger partial charge in [-0.15, -0.1) is 0 Å². The van der Waals surface area contributed by atoms with Crippen molar-refractivity contribution in [3.05, 3.63) is 94.8 Å². The molecule has 0 bridgehead atoms. The Kier molecular flexibility index (Phi) is 7.37. The Bertz CT molecular complexity index is 1080. The van der Waals surface area contributed by atoms with Crippen LogP contribution in [0.3, 0.4) is 0 Å². The molecule has 3 rings (SSSR count). The molecule has 0 heterocycles. The van der Waals surface area contributed by atoms with Crippen LogP contribution < -0.4 is 4.74 Å². The number of carbonyl (C=O) groups is 1. The Morgan fingerprint density at radius 2 is 1.68 bits per heavy atom. The van der Waals surface area contributed by atoms with Gasteiger partial charge in [0.1, 0.15) is 18.2 Å². The molecule has 0 spiro atoms. The van der Waals surface area contributed by atoms with Crippen LogP contribution in [0.1, 0.15) is 27.0 Å². The van der Waals surface area contributed by atoms with Crippen molar-refractivity contribution < 1.29 is 13.9 Å². The SMILES string of the molecule is Cc1cc(C)cc(-c2ccc(OCCN(C)C)c(C(=O)/C=C/c3ccccc3F)c2)c1. The highest BCUT2D eigenvalue weighted by atomic mass is 19.1. The molecular formula is C27H28FNO2. The number of rotatable bonds is 8. The third-order valence-electron chi connectivity index (χ3n) is 4.92. The summed E-state index contributed by atoms with van der Waals surface area (Å²) in [6.07, 6.45) is 2.91. The molecule has 0 unspecified atom stereocenters. The number of nitrogens with zero attached hydrogens (tertiary/aromatic N) is 1. The van der Waals surface area contributed by atoms with Gasteiger partial charge in [-0.05, 0) is 69.4 Å². The maximum absolute atomic E-state index is 13.9. The smallest absolute Gasteiger partial charge is 0.189 e. The number of likely N-dealkylation sites (N-methyl/N-ethyl adjacent to an activating group) is 1. The standard InChI is InChI=1S/C27H28FNO2/c1-19-15-20(2)17-23(16-19)22-10-12-27(31-14-13-29(3)4)24(18-22)26(30)11-9-21-7-5-6-8-25(21)28/h5-12,15-18H,13-14H2,1-4H3/b11-9+. The summed E-state index contributed by atoms with van der Waals surface area (Å²) in [6.45, 7) is 5.31. The number of ether oxygens (including phenoxy) is 1. The normalized spacial score (nSPS) is 11.3. The summed E-state index contributed by atoms with van der Waals surface area (Å²) >= 11 is 0. The zero-order valence-electron chi connectivity index (χ0n) is 18.5. The van der Waals surface area contributed by atoms with E-state index in [-0.39, 0.29) is 11.6 Å². The highest BCUT2D eigenvalue weighted by molar-refractivity contribution is 6.09. The summed E-state index contributed by atoms with van der Waals surface area (Å²) in [5.74, 6) is -0.0644. The quantitative estimate of drug-likeness (QED) is 0.335. The Hall–Kier alpha value is -3.24. The highest BCUT2D eigenvalue weighted by Gasteiger charge is 2.13. The van der Waals surface area contributed by atoms with E-state index in [9.17, 15) is 9.18 Å². The van der Waals surface area contributed by atoms with Gasteiger partial charge in [0, 0.05) is 12.1 Å². The zero-order valence-corrected chi connectivity index (χ0v) is 18.5. The van der Waals surface area contributed by atoms with Gasteiger partial charge in [0.15, 0.2) is 5.78 Å². The fraction of sp³-hybridized carbons (Fsp3) is 0.222. The van der Waals surface area contributed by atoms with E-state index in [0.29, 0.717) is 23.5 Å². The van der Waals surface area contributed by atoms with Crippen molar-refractivity contribution in [1.82, 2.24) is 4.90 Å². The van der Waals surface area contributed by atoms with Crippen molar-refractivity contribution in [1.29, 1.82) is 0 Å². The minimum absolute atomic E-state index is 0.227. The van der Waals surface area contributed by atoms with Crippen LogP contribution in [-0.2, 0) is 0 Å². The third-order valence-corrected chi connectivity index (χ3v) is 4.92. The van der Waals surface area contributed by atoms with E-state index in [1.807, 2.05) is 37.2 Å². The number of carbonyl (C=O) groups excluding carboxylic acids is 1. The Labute approximate surface area is 183 Å². The molecule has 0 aromatic heterocycles. The third kappa shape index (κ3) is 6.12. The summed E-state index contributed by atoms with van der Waals surface area (Å²) in [6, 6.07) is 18.3. The van der Waals surface area contributed by atoms with E-state index in [4.69, 9.17) is 4.74 Å². The van der Waals surface area contributed by atoms with Crippen LogP contribution in [-0.4, -0.2) is 37.9 Å². The van der Waals surface area contributed by atoms with Crippen molar-refractivity contribution in [2.45, 2.75) is 13.8 Å². The first-order chi connectivity index (χ1) is 14.8.